The monoisotopic (exact) mass is 467 g/mol. The highest BCUT2D eigenvalue weighted by Gasteiger charge is 2.17. The minimum absolute atomic E-state index is 0.132. The van der Waals surface area contributed by atoms with Crippen molar-refractivity contribution in [1.82, 2.24) is 29.3 Å². The van der Waals surface area contributed by atoms with E-state index in [1.54, 1.807) is 7.11 Å². The van der Waals surface area contributed by atoms with Gasteiger partial charge in [-0.05, 0) is 20.9 Å². The van der Waals surface area contributed by atoms with Crippen LogP contribution in [-0.2, 0) is 6.54 Å². The molecule has 0 bridgehead atoms. The van der Waals surface area contributed by atoms with Crippen LogP contribution in [0.15, 0.2) is 12.4 Å². The lowest BCUT2D eigenvalue weighted by Crippen LogP contribution is -2.44. The number of rotatable bonds is 5. The molecular weight excluding hydrogens is 438 g/mol. The lowest BCUT2D eigenvalue weighted by molar-refractivity contribution is 0.157. The molecule has 0 atom stereocenters. The number of nitrogen functional groups attached to an aromatic ring is 1. The maximum absolute atomic E-state index is 6.47. The standard InChI is InChI=1S/C24H30ClN7O/c1-16-13-27-19(17(2)21(16)33-4)15-32-14-18(20-22(25)28-24(26)29-23(20)32)7-5-6-8-31-11-9-30(3)10-12-31/h13-14H,6,8-12,15H2,1-4H3,(H2,26,28,29). The van der Waals surface area contributed by atoms with Crippen molar-refractivity contribution in [3.63, 3.8) is 0 Å². The number of aryl methyl sites for hydroxylation is 1. The number of likely N-dealkylation sites (N-methyl/N-ethyl adjacent to an activating group) is 1. The zero-order valence-electron chi connectivity index (χ0n) is 19.7. The summed E-state index contributed by atoms with van der Waals surface area (Å²) >= 11 is 6.47. The second-order valence-corrected chi connectivity index (χ2v) is 8.84. The fourth-order valence-electron chi connectivity index (χ4n) is 4.21. The van der Waals surface area contributed by atoms with Crippen molar-refractivity contribution >= 4 is 28.6 Å². The van der Waals surface area contributed by atoms with Gasteiger partial charge in [0.25, 0.3) is 0 Å². The first-order valence-electron chi connectivity index (χ1n) is 11.1. The van der Waals surface area contributed by atoms with Gasteiger partial charge in [-0.1, -0.05) is 23.4 Å². The number of methoxy groups -OCH3 is 1. The molecule has 0 aromatic carbocycles. The largest absolute Gasteiger partial charge is 0.496 e. The van der Waals surface area contributed by atoms with Gasteiger partial charge in [-0.15, -0.1) is 0 Å². The molecule has 0 saturated carbocycles. The fraction of sp³-hybridized carbons (Fsp3) is 0.458. The Balaban J connectivity index is 1.62. The van der Waals surface area contributed by atoms with E-state index in [9.17, 15) is 0 Å². The molecule has 8 nitrogen and oxygen atoms in total. The minimum Gasteiger partial charge on any atom is -0.496 e. The van der Waals surface area contributed by atoms with Gasteiger partial charge in [0.2, 0.25) is 5.95 Å². The molecule has 0 amide bonds. The molecule has 1 fully saturated rings. The van der Waals surface area contributed by atoms with Crippen molar-refractivity contribution in [3.05, 3.63) is 39.9 Å². The third-order valence-electron chi connectivity index (χ3n) is 6.13. The summed E-state index contributed by atoms with van der Waals surface area (Å²) in [5.41, 5.74) is 10.2. The molecule has 0 aliphatic carbocycles. The molecule has 4 rings (SSSR count). The van der Waals surface area contributed by atoms with E-state index in [0.717, 1.165) is 72.7 Å². The normalized spacial score (nSPS) is 14.9. The maximum atomic E-state index is 6.47. The Morgan fingerprint density at radius 2 is 1.94 bits per heavy atom. The highest BCUT2D eigenvalue weighted by atomic mass is 35.5. The molecule has 3 aromatic rings. The third-order valence-corrected chi connectivity index (χ3v) is 6.40. The topological polar surface area (TPSA) is 85.3 Å². The Labute approximate surface area is 199 Å². The summed E-state index contributed by atoms with van der Waals surface area (Å²) < 4.78 is 7.54. The molecule has 174 valence electrons. The molecule has 4 heterocycles. The second-order valence-electron chi connectivity index (χ2n) is 8.48. The van der Waals surface area contributed by atoms with Crippen molar-refractivity contribution in [2.45, 2.75) is 26.8 Å². The summed E-state index contributed by atoms with van der Waals surface area (Å²) in [6.07, 6.45) is 4.57. The quantitative estimate of drug-likeness (QED) is 0.456. The van der Waals surface area contributed by atoms with Gasteiger partial charge in [-0.3, -0.25) is 9.88 Å². The van der Waals surface area contributed by atoms with Crippen molar-refractivity contribution in [3.8, 4) is 17.6 Å². The van der Waals surface area contributed by atoms with Crippen LogP contribution in [0.4, 0.5) is 5.95 Å². The van der Waals surface area contributed by atoms with E-state index in [2.05, 4.69) is 43.6 Å². The Hall–Kier alpha value is -2.86. The van der Waals surface area contributed by atoms with Crippen LogP contribution < -0.4 is 10.5 Å². The van der Waals surface area contributed by atoms with Gasteiger partial charge >= 0.3 is 0 Å². The molecule has 0 radical (unpaired) electrons. The highest BCUT2D eigenvalue weighted by molar-refractivity contribution is 6.34. The van der Waals surface area contributed by atoms with E-state index in [-0.39, 0.29) is 5.95 Å². The number of fused-ring (bicyclic) bond motifs is 1. The van der Waals surface area contributed by atoms with Gasteiger partial charge in [-0.2, -0.15) is 4.98 Å². The van der Waals surface area contributed by atoms with E-state index >= 15 is 0 Å². The van der Waals surface area contributed by atoms with Crippen LogP contribution in [0.5, 0.6) is 5.75 Å². The number of piperazine rings is 1. The average Bonchev–Trinajstić information content (AvgIpc) is 3.12. The van der Waals surface area contributed by atoms with E-state index in [1.165, 1.54) is 0 Å². The molecule has 9 heteroatoms. The molecule has 1 aliphatic rings. The predicted octanol–water partition coefficient (Wildman–Crippen LogP) is 2.72. The number of nitrogens with two attached hydrogens (primary N) is 1. The summed E-state index contributed by atoms with van der Waals surface area (Å²) in [7, 11) is 3.84. The number of hydrogen-bond acceptors (Lipinski definition) is 7. The summed E-state index contributed by atoms with van der Waals surface area (Å²) in [6.45, 7) is 9.83. The van der Waals surface area contributed by atoms with Crippen LogP contribution in [0, 0.1) is 25.7 Å². The summed E-state index contributed by atoms with van der Waals surface area (Å²) in [5, 5.41) is 1.03. The van der Waals surface area contributed by atoms with Gasteiger partial charge in [0.1, 0.15) is 16.5 Å². The first-order valence-corrected chi connectivity index (χ1v) is 11.5. The Morgan fingerprint density at radius 1 is 1.18 bits per heavy atom. The number of hydrogen-bond donors (Lipinski definition) is 1. The lowest BCUT2D eigenvalue weighted by atomic mass is 10.1. The number of anilines is 1. The van der Waals surface area contributed by atoms with Gasteiger partial charge in [0.15, 0.2) is 0 Å². The van der Waals surface area contributed by atoms with Crippen molar-refractivity contribution < 1.29 is 4.74 Å². The van der Waals surface area contributed by atoms with E-state index in [4.69, 9.17) is 22.1 Å². The van der Waals surface area contributed by atoms with E-state index in [0.29, 0.717) is 17.3 Å². The van der Waals surface area contributed by atoms with Gasteiger partial charge in [-0.25, -0.2) is 4.98 Å². The zero-order valence-corrected chi connectivity index (χ0v) is 20.4. The smallest absolute Gasteiger partial charge is 0.223 e. The van der Waals surface area contributed by atoms with Crippen LogP contribution in [0.3, 0.4) is 0 Å². The Bertz CT molecular complexity index is 1220. The molecule has 2 N–H and O–H groups in total. The number of pyridine rings is 1. The molecular formula is C24H30ClN7O. The molecule has 1 saturated heterocycles. The number of ether oxygens (including phenoxy) is 1. The Kier molecular flexibility index (Phi) is 7.03. The van der Waals surface area contributed by atoms with E-state index < -0.39 is 0 Å². The van der Waals surface area contributed by atoms with Crippen LogP contribution in [0.2, 0.25) is 5.15 Å². The average molecular weight is 468 g/mol. The Morgan fingerprint density at radius 3 is 2.67 bits per heavy atom. The van der Waals surface area contributed by atoms with Gasteiger partial charge < -0.3 is 19.9 Å². The number of nitrogens with zero attached hydrogens (tertiary/aromatic N) is 6. The van der Waals surface area contributed by atoms with Gasteiger partial charge in [0, 0.05) is 62.7 Å². The van der Waals surface area contributed by atoms with Crippen molar-refractivity contribution in [1.29, 1.82) is 0 Å². The zero-order chi connectivity index (χ0) is 23.5. The van der Waals surface area contributed by atoms with Crippen LogP contribution in [0.25, 0.3) is 11.0 Å². The van der Waals surface area contributed by atoms with Crippen LogP contribution >= 0.6 is 11.6 Å². The highest BCUT2D eigenvalue weighted by Crippen LogP contribution is 2.29. The number of aromatic nitrogens is 4. The van der Waals surface area contributed by atoms with E-state index in [1.807, 2.05) is 30.8 Å². The number of halogens is 1. The third kappa shape index (κ3) is 5.06. The SMILES string of the molecule is COc1c(C)cnc(Cn2cc(C#CCCN3CCN(C)CC3)c3c(Cl)nc(N)nc32)c1C. The molecule has 0 unspecified atom stereocenters. The van der Waals surface area contributed by atoms with Crippen molar-refractivity contribution in [2.75, 3.05) is 52.6 Å². The van der Waals surface area contributed by atoms with Crippen LogP contribution in [-0.4, -0.2) is 76.2 Å². The second kappa shape index (κ2) is 9.96. The first-order chi connectivity index (χ1) is 15.9. The van der Waals surface area contributed by atoms with Crippen LogP contribution in [0.1, 0.15) is 28.8 Å². The molecule has 1 aliphatic heterocycles. The predicted molar refractivity (Wildman–Crippen MR) is 132 cm³/mol. The fourth-order valence-corrected chi connectivity index (χ4v) is 4.48. The lowest BCUT2D eigenvalue weighted by Gasteiger charge is -2.31. The minimum atomic E-state index is 0.132. The first kappa shape index (κ1) is 23.3. The molecule has 3 aromatic heterocycles. The molecule has 33 heavy (non-hydrogen) atoms. The summed E-state index contributed by atoms with van der Waals surface area (Å²) in [4.78, 5) is 18.0. The summed E-state index contributed by atoms with van der Waals surface area (Å²) in [5.74, 6) is 7.57. The van der Waals surface area contributed by atoms with Crippen molar-refractivity contribution in [2.24, 2.45) is 0 Å². The van der Waals surface area contributed by atoms with Gasteiger partial charge in [0.05, 0.1) is 30.3 Å². The maximum Gasteiger partial charge on any atom is 0.223 e. The summed E-state index contributed by atoms with van der Waals surface area (Å²) in [6, 6.07) is 0. The molecule has 0 spiro atoms.